The molecule has 18 heavy (non-hydrogen) atoms. The molecular weight excluding hydrogens is 253 g/mol. The van der Waals surface area contributed by atoms with Gasteiger partial charge >= 0.3 is 0 Å². The van der Waals surface area contributed by atoms with Crippen molar-refractivity contribution in [3.63, 3.8) is 0 Å². The van der Waals surface area contributed by atoms with E-state index in [1.807, 2.05) is 30.8 Å². The molecule has 0 saturated carbocycles. The molecule has 0 aliphatic carbocycles. The lowest BCUT2D eigenvalue weighted by Gasteiger charge is -2.14. The fraction of sp³-hybridized carbons (Fsp3) is 0.308. The maximum atomic E-state index is 13.3. The van der Waals surface area contributed by atoms with Crippen molar-refractivity contribution in [2.75, 3.05) is 0 Å². The molecule has 1 aromatic carbocycles. The van der Waals surface area contributed by atoms with Crippen LogP contribution in [0.4, 0.5) is 4.39 Å². The fourth-order valence-corrected chi connectivity index (χ4v) is 1.83. The highest BCUT2D eigenvalue weighted by Gasteiger charge is 2.09. The van der Waals surface area contributed by atoms with Crippen molar-refractivity contribution in [3.05, 3.63) is 52.8 Å². The second kappa shape index (κ2) is 5.50. The summed E-state index contributed by atoms with van der Waals surface area (Å²) in [5, 5.41) is 3.44. The lowest BCUT2D eigenvalue weighted by Crippen LogP contribution is -2.20. The third-order valence-electron chi connectivity index (χ3n) is 2.93. The Morgan fingerprint density at radius 3 is 2.89 bits per heavy atom. The molecule has 1 N–H and O–H groups in total. The van der Waals surface area contributed by atoms with Gasteiger partial charge in [0.05, 0.1) is 11.6 Å². The number of halogens is 2. The first-order chi connectivity index (χ1) is 8.58. The Balaban J connectivity index is 2.01. The van der Waals surface area contributed by atoms with Crippen LogP contribution in [0.2, 0.25) is 5.02 Å². The summed E-state index contributed by atoms with van der Waals surface area (Å²) >= 11 is 5.66. The number of hydrogen-bond acceptors (Lipinski definition) is 2. The van der Waals surface area contributed by atoms with Crippen LogP contribution in [-0.2, 0) is 13.6 Å². The van der Waals surface area contributed by atoms with Crippen LogP contribution in [0.25, 0.3) is 0 Å². The zero-order valence-electron chi connectivity index (χ0n) is 10.3. The fourth-order valence-electron chi connectivity index (χ4n) is 1.71. The molecule has 0 saturated heterocycles. The summed E-state index contributed by atoms with van der Waals surface area (Å²) in [7, 11) is 1.94. The summed E-state index contributed by atoms with van der Waals surface area (Å²) in [5.41, 5.74) is 0.867. The first-order valence-corrected chi connectivity index (χ1v) is 6.10. The minimum atomic E-state index is -0.389. The molecule has 0 fully saturated rings. The number of nitrogens with zero attached hydrogens (tertiary/aromatic N) is 2. The monoisotopic (exact) mass is 267 g/mol. The largest absolute Gasteiger partial charge is 0.337 e. The summed E-state index contributed by atoms with van der Waals surface area (Å²) in [5.74, 6) is 0.552. The van der Waals surface area contributed by atoms with Crippen molar-refractivity contribution < 1.29 is 4.39 Å². The molecule has 1 unspecified atom stereocenters. The van der Waals surface area contributed by atoms with Crippen LogP contribution < -0.4 is 5.32 Å². The zero-order chi connectivity index (χ0) is 13.1. The van der Waals surface area contributed by atoms with Gasteiger partial charge in [-0.05, 0) is 24.6 Å². The molecule has 2 rings (SSSR count). The molecular formula is C13H15ClFN3. The number of benzene rings is 1. The average Bonchev–Trinajstić information content (AvgIpc) is 2.75. The van der Waals surface area contributed by atoms with Crippen molar-refractivity contribution >= 4 is 11.6 Å². The van der Waals surface area contributed by atoms with E-state index >= 15 is 0 Å². The Hall–Kier alpha value is -1.39. The van der Waals surface area contributed by atoms with Crippen LogP contribution >= 0.6 is 11.6 Å². The summed E-state index contributed by atoms with van der Waals surface area (Å²) in [4.78, 5) is 4.22. The first kappa shape index (κ1) is 13.1. The second-order valence-electron chi connectivity index (χ2n) is 4.23. The minimum Gasteiger partial charge on any atom is -0.337 e. The molecule has 0 spiro atoms. The average molecular weight is 268 g/mol. The smallest absolute Gasteiger partial charge is 0.142 e. The number of imidazole rings is 1. The highest BCUT2D eigenvalue weighted by molar-refractivity contribution is 6.30. The Labute approximate surface area is 111 Å². The molecule has 5 heteroatoms. The van der Waals surface area contributed by atoms with E-state index in [4.69, 9.17) is 11.6 Å². The van der Waals surface area contributed by atoms with E-state index in [0.29, 0.717) is 6.54 Å². The zero-order valence-corrected chi connectivity index (χ0v) is 11.1. The van der Waals surface area contributed by atoms with Gasteiger partial charge in [0.2, 0.25) is 0 Å². The Morgan fingerprint density at radius 1 is 1.50 bits per heavy atom. The van der Waals surface area contributed by atoms with Gasteiger partial charge in [0.15, 0.2) is 0 Å². The predicted molar refractivity (Wildman–Crippen MR) is 69.9 cm³/mol. The van der Waals surface area contributed by atoms with Crippen LogP contribution in [-0.4, -0.2) is 9.55 Å². The molecule has 0 aliphatic heterocycles. The molecule has 96 valence electrons. The van der Waals surface area contributed by atoms with E-state index in [1.165, 1.54) is 6.07 Å². The molecule has 3 nitrogen and oxygen atoms in total. The normalized spacial score (nSPS) is 12.7. The molecule has 1 aromatic heterocycles. The lowest BCUT2D eigenvalue weighted by atomic mass is 10.1. The third kappa shape index (κ3) is 2.89. The van der Waals surface area contributed by atoms with E-state index in [0.717, 1.165) is 11.4 Å². The summed E-state index contributed by atoms with van der Waals surface area (Å²) in [6, 6.07) is 4.89. The van der Waals surface area contributed by atoms with Gasteiger partial charge in [0.25, 0.3) is 0 Å². The van der Waals surface area contributed by atoms with E-state index in [-0.39, 0.29) is 16.9 Å². The molecule has 0 aliphatic rings. The lowest BCUT2D eigenvalue weighted by molar-refractivity contribution is 0.543. The topological polar surface area (TPSA) is 29.9 Å². The van der Waals surface area contributed by atoms with Crippen molar-refractivity contribution in [2.45, 2.75) is 19.5 Å². The van der Waals surface area contributed by atoms with Crippen molar-refractivity contribution in [3.8, 4) is 0 Å². The summed E-state index contributed by atoms with van der Waals surface area (Å²) in [6.07, 6.45) is 3.65. The van der Waals surface area contributed by atoms with Gasteiger partial charge in [-0.2, -0.15) is 0 Å². The molecule has 1 atom stereocenters. The van der Waals surface area contributed by atoms with Crippen molar-refractivity contribution in [2.24, 2.45) is 7.05 Å². The summed E-state index contributed by atoms with van der Waals surface area (Å²) in [6.45, 7) is 2.61. The van der Waals surface area contributed by atoms with Gasteiger partial charge in [-0.25, -0.2) is 9.37 Å². The maximum Gasteiger partial charge on any atom is 0.142 e. The van der Waals surface area contributed by atoms with Gasteiger partial charge < -0.3 is 9.88 Å². The Morgan fingerprint density at radius 2 is 2.28 bits per heavy atom. The Bertz CT molecular complexity index is 539. The van der Waals surface area contributed by atoms with Gasteiger partial charge in [-0.3, -0.25) is 0 Å². The highest BCUT2D eigenvalue weighted by atomic mass is 35.5. The van der Waals surface area contributed by atoms with E-state index < -0.39 is 0 Å². The second-order valence-corrected chi connectivity index (χ2v) is 4.64. The maximum absolute atomic E-state index is 13.3. The van der Waals surface area contributed by atoms with E-state index in [2.05, 4.69) is 10.3 Å². The number of aryl methyl sites for hydroxylation is 1. The van der Waals surface area contributed by atoms with Crippen LogP contribution in [0.3, 0.4) is 0 Å². The SMILES string of the molecule is CC(NCc1nccn1C)c1ccc(Cl)c(F)c1. The molecule has 0 bridgehead atoms. The van der Waals surface area contributed by atoms with Crippen LogP contribution in [0.5, 0.6) is 0 Å². The minimum absolute atomic E-state index is 0.0356. The van der Waals surface area contributed by atoms with Crippen LogP contribution in [0.15, 0.2) is 30.6 Å². The number of nitrogens with one attached hydrogen (secondary N) is 1. The molecule has 2 aromatic rings. The Kier molecular flexibility index (Phi) is 3.99. The quantitative estimate of drug-likeness (QED) is 0.923. The summed E-state index contributed by atoms with van der Waals surface area (Å²) < 4.78 is 15.3. The highest BCUT2D eigenvalue weighted by Crippen LogP contribution is 2.20. The first-order valence-electron chi connectivity index (χ1n) is 5.72. The van der Waals surface area contributed by atoms with E-state index in [1.54, 1.807) is 12.3 Å². The number of hydrogen-bond donors (Lipinski definition) is 1. The number of aromatic nitrogens is 2. The third-order valence-corrected chi connectivity index (χ3v) is 3.24. The van der Waals surface area contributed by atoms with Crippen molar-refractivity contribution in [1.82, 2.24) is 14.9 Å². The number of rotatable bonds is 4. The molecule has 0 radical (unpaired) electrons. The standard InChI is InChI=1S/C13H15ClFN3/c1-9(10-3-4-11(14)12(15)7-10)17-8-13-16-5-6-18(13)2/h3-7,9,17H,8H2,1-2H3. The van der Waals surface area contributed by atoms with E-state index in [9.17, 15) is 4.39 Å². The van der Waals surface area contributed by atoms with Gasteiger partial charge in [0.1, 0.15) is 11.6 Å². The molecule has 0 amide bonds. The van der Waals surface area contributed by atoms with Gasteiger partial charge in [-0.1, -0.05) is 17.7 Å². The van der Waals surface area contributed by atoms with Crippen molar-refractivity contribution in [1.29, 1.82) is 0 Å². The molecule has 1 heterocycles. The van der Waals surface area contributed by atoms with Crippen LogP contribution in [0, 0.1) is 5.82 Å². The van der Waals surface area contributed by atoms with Gasteiger partial charge in [-0.15, -0.1) is 0 Å². The predicted octanol–water partition coefficient (Wildman–Crippen LogP) is 3.06. The van der Waals surface area contributed by atoms with Crippen LogP contribution in [0.1, 0.15) is 24.4 Å². The van der Waals surface area contributed by atoms with Gasteiger partial charge in [0, 0.05) is 25.5 Å².